The fourth-order valence-electron chi connectivity index (χ4n) is 4.16. The van der Waals surface area contributed by atoms with Crippen molar-refractivity contribution in [3.8, 4) is 5.75 Å². The first-order valence-corrected chi connectivity index (χ1v) is 12.0. The first-order valence-electron chi connectivity index (χ1n) is 12.0. The standard InChI is InChI=1S/C28H39N5O2/c1-27(2,3)15-23-22-14-21(35-18-20-8-6-7-13-32-20)10-11-24(22)33(25(23)16-28(4,5)34)17-19(29)9-12-26(30)31/h6-14,34H,15-18,29-31H2,1-5H3/p+1. The molecule has 7 nitrogen and oxygen atoms in total. The quantitative estimate of drug-likeness (QED) is 0.351. The predicted molar refractivity (Wildman–Crippen MR) is 141 cm³/mol. The van der Waals surface area contributed by atoms with Gasteiger partial charge >= 0.3 is 0 Å². The highest BCUT2D eigenvalue weighted by Crippen LogP contribution is 2.36. The van der Waals surface area contributed by atoms with Gasteiger partial charge in [0, 0.05) is 41.0 Å². The molecule has 0 fully saturated rings. The fraction of sp³-hybridized carbons (Fsp3) is 0.393. The zero-order chi connectivity index (χ0) is 25.8. The van der Waals surface area contributed by atoms with Gasteiger partial charge in [-0.2, -0.15) is 0 Å². The molecule has 2 aromatic heterocycles. The first kappa shape index (κ1) is 26.3. The SMILES string of the molecule is CC(C)(C)Cc1c(CC(C)(C)O)n(CC(N)=CC=C(N)[NH3+])c2ccc(OCc3ccccn3)cc12. The fourth-order valence-corrected chi connectivity index (χ4v) is 4.16. The van der Waals surface area contributed by atoms with E-state index in [1.165, 1.54) is 5.56 Å². The zero-order valence-electron chi connectivity index (χ0n) is 21.6. The van der Waals surface area contributed by atoms with E-state index in [4.69, 9.17) is 16.2 Å². The molecule has 2 heterocycles. The van der Waals surface area contributed by atoms with Crippen LogP contribution < -0.4 is 21.9 Å². The predicted octanol–water partition coefficient (Wildman–Crippen LogP) is 3.40. The monoisotopic (exact) mass is 478 g/mol. The van der Waals surface area contributed by atoms with Crippen molar-refractivity contribution < 1.29 is 15.6 Å². The number of pyridine rings is 1. The lowest BCUT2D eigenvalue weighted by Gasteiger charge is -2.24. The molecule has 1 aromatic carbocycles. The van der Waals surface area contributed by atoms with Crippen LogP contribution in [0.3, 0.4) is 0 Å². The average Bonchev–Trinajstić information content (AvgIpc) is 3.01. The Labute approximate surface area is 208 Å². The second-order valence-corrected chi connectivity index (χ2v) is 11.0. The second-order valence-electron chi connectivity index (χ2n) is 11.0. The minimum atomic E-state index is -0.882. The maximum Gasteiger partial charge on any atom is 0.193 e. The number of ether oxygens (including phenoxy) is 1. The molecule has 35 heavy (non-hydrogen) atoms. The van der Waals surface area contributed by atoms with E-state index in [-0.39, 0.29) is 5.41 Å². The van der Waals surface area contributed by atoms with Gasteiger partial charge < -0.3 is 31.6 Å². The van der Waals surface area contributed by atoms with Crippen molar-refractivity contribution in [1.29, 1.82) is 0 Å². The number of allylic oxidation sites excluding steroid dienone is 3. The van der Waals surface area contributed by atoms with Crippen LogP contribution in [0.15, 0.2) is 66.3 Å². The summed E-state index contributed by atoms with van der Waals surface area (Å²) < 4.78 is 8.30. The highest BCUT2D eigenvalue weighted by molar-refractivity contribution is 5.87. The van der Waals surface area contributed by atoms with Crippen LogP contribution in [0.4, 0.5) is 0 Å². The van der Waals surface area contributed by atoms with Crippen molar-refractivity contribution in [2.75, 3.05) is 0 Å². The Hall–Kier alpha value is -3.29. The summed E-state index contributed by atoms with van der Waals surface area (Å²) >= 11 is 0. The van der Waals surface area contributed by atoms with Gasteiger partial charge in [-0.05, 0) is 67.7 Å². The van der Waals surface area contributed by atoms with Crippen LogP contribution in [0, 0.1) is 5.41 Å². The number of benzene rings is 1. The third kappa shape index (κ3) is 7.60. The van der Waals surface area contributed by atoms with Gasteiger partial charge in [-0.25, -0.2) is 0 Å². The highest BCUT2D eigenvalue weighted by atomic mass is 16.5. The number of aliphatic hydroxyl groups is 1. The highest BCUT2D eigenvalue weighted by Gasteiger charge is 2.26. The van der Waals surface area contributed by atoms with Crippen LogP contribution in [-0.4, -0.2) is 20.3 Å². The Morgan fingerprint density at radius 3 is 2.43 bits per heavy atom. The first-order chi connectivity index (χ1) is 16.3. The van der Waals surface area contributed by atoms with E-state index >= 15 is 0 Å². The van der Waals surface area contributed by atoms with E-state index in [9.17, 15) is 5.11 Å². The molecule has 0 aliphatic heterocycles. The van der Waals surface area contributed by atoms with Gasteiger partial charge in [-0.1, -0.05) is 26.8 Å². The van der Waals surface area contributed by atoms with Crippen molar-refractivity contribution >= 4 is 10.9 Å². The molecule has 0 amide bonds. The molecule has 0 radical (unpaired) electrons. The molecule has 0 atom stereocenters. The van der Waals surface area contributed by atoms with Gasteiger partial charge in [0.25, 0.3) is 0 Å². The molecule has 8 N–H and O–H groups in total. The maximum absolute atomic E-state index is 10.8. The van der Waals surface area contributed by atoms with Crippen LogP contribution in [0.1, 0.15) is 51.6 Å². The van der Waals surface area contributed by atoms with Crippen molar-refractivity contribution in [3.05, 3.63) is 83.2 Å². The second kappa shape index (κ2) is 10.5. The minimum absolute atomic E-state index is 0.0464. The summed E-state index contributed by atoms with van der Waals surface area (Å²) in [5.41, 5.74) is 19.8. The van der Waals surface area contributed by atoms with E-state index in [2.05, 4.69) is 48.2 Å². The molecule has 0 bridgehead atoms. The third-order valence-corrected chi connectivity index (χ3v) is 5.53. The summed E-state index contributed by atoms with van der Waals surface area (Å²) in [6.07, 6.45) is 6.60. The Bertz CT molecular complexity index is 1210. The van der Waals surface area contributed by atoms with Gasteiger partial charge in [0.05, 0.1) is 17.8 Å². The molecular formula is C28H40N5O2+. The molecule has 0 unspecified atom stereocenters. The van der Waals surface area contributed by atoms with Crippen molar-refractivity contribution in [2.45, 2.75) is 66.2 Å². The molecule has 0 spiro atoms. The van der Waals surface area contributed by atoms with Gasteiger partial charge in [-0.3, -0.25) is 4.98 Å². The molecule has 7 heteroatoms. The minimum Gasteiger partial charge on any atom is -0.487 e. The molecule has 0 saturated heterocycles. The van der Waals surface area contributed by atoms with E-state index in [1.807, 2.05) is 38.1 Å². The molecule has 0 saturated carbocycles. The van der Waals surface area contributed by atoms with Crippen molar-refractivity contribution in [1.82, 2.24) is 9.55 Å². The van der Waals surface area contributed by atoms with Gasteiger partial charge in [0.15, 0.2) is 5.82 Å². The number of aromatic nitrogens is 2. The zero-order valence-corrected chi connectivity index (χ0v) is 21.6. The van der Waals surface area contributed by atoms with Gasteiger partial charge in [0.1, 0.15) is 12.4 Å². The lowest BCUT2D eigenvalue weighted by molar-refractivity contribution is -0.304. The van der Waals surface area contributed by atoms with E-state index in [1.54, 1.807) is 18.3 Å². The Morgan fingerprint density at radius 2 is 1.83 bits per heavy atom. The molecular weight excluding hydrogens is 438 g/mol. The summed E-state index contributed by atoms with van der Waals surface area (Å²) in [5.74, 6) is 1.23. The van der Waals surface area contributed by atoms with Crippen LogP contribution in [0.2, 0.25) is 0 Å². The maximum atomic E-state index is 10.8. The third-order valence-electron chi connectivity index (χ3n) is 5.53. The summed E-state index contributed by atoms with van der Waals surface area (Å²) in [6, 6.07) is 11.9. The van der Waals surface area contributed by atoms with Crippen molar-refractivity contribution in [3.63, 3.8) is 0 Å². The summed E-state index contributed by atoms with van der Waals surface area (Å²) in [4.78, 5) is 4.35. The van der Waals surface area contributed by atoms with Crippen molar-refractivity contribution in [2.24, 2.45) is 16.9 Å². The number of fused-ring (bicyclic) bond motifs is 1. The number of nitrogens with zero attached hydrogens (tertiary/aromatic N) is 2. The molecule has 188 valence electrons. The summed E-state index contributed by atoms with van der Waals surface area (Å²) in [5, 5.41) is 11.9. The molecule has 3 rings (SSSR count). The van der Waals surface area contributed by atoms with Crippen LogP contribution in [-0.2, 0) is 26.0 Å². The Balaban J connectivity index is 2.13. The van der Waals surface area contributed by atoms with Crippen LogP contribution in [0.25, 0.3) is 10.9 Å². The lowest BCUT2D eigenvalue weighted by Crippen LogP contribution is -2.51. The Morgan fingerprint density at radius 1 is 1.09 bits per heavy atom. The van der Waals surface area contributed by atoms with Crippen LogP contribution >= 0.6 is 0 Å². The number of hydrogen-bond donors (Lipinski definition) is 4. The lowest BCUT2D eigenvalue weighted by atomic mass is 9.85. The van der Waals surface area contributed by atoms with Crippen LogP contribution in [0.5, 0.6) is 5.75 Å². The van der Waals surface area contributed by atoms with Gasteiger partial charge in [0.2, 0.25) is 0 Å². The average molecular weight is 479 g/mol. The number of rotatable bonds is 9. The summed E-state index contributed by atoms with van der Waals surface area (Å²) in [7, 11) is 0. The Kier molecular flexibility index (Phi) is 7.93. The normalized spacial score (nSPS) is 13.5. The van der Waals surface area contributed by atoms with E-state index in [0.717, 1.165) is 34.5 Å². The van der Waals surface area contributed by atoms with E-state index < -0.39 is 5.60 Å². The largest absolute Gasteiger partial charge is 0.487 e. The topological polar surface area (TPSA) is 127 Å². The molecule has 0 aliphatic carbocycles. The van der Waals surface area contributed by atoms with Gasteiger partial charge in [-0.15, -0.1) is 0 Å². The number of hydrogen-bond acceptors (Lipinski definition) is 5. The van der Waals surface area contributed by atoms with E-state index in [0.29, 0.717) is 31.1 Å². The number of quaternary nitrogens is 1. The summed E-state index contributed by atoms with van der Waals surface area (Å²) in [6.45, 7) is 11.2. The molecule has 3 aromatic rings. The molecule has 0 aliphatic rings. The number of nitrogens with two attached hydrogens (primary N) is 2. The smallest absolute Gasteiger partial charge is 0.193 e.